The normalized spacial score (nSPS) is 12.5. The van der Waals surface area contributed by atoms with Gasteiger partial charge in [0.25, 0.3) is 0 Å². The van der Waals surface area contributed by atoms with Crippen molar-refractivity contribution in [3.05, 3.63) is 12.7 Å². The minimum atomic E-state index is -0.886. The summed E-state index contributed by atoms with van der Waals surface area (Å²) in [7, 11) is 0. The second-order valence-corrected chi connectivity index (χ2v) is 4.25. The third kappa shape index (κ3) is 2.64. The molecule has 0 bridgehead atoms. The Morgan fingerprint density at radius 3 is 2.84 bits per heavy atom. The molecule has 0 saturated heterocycles. The number of nitrogens with zero attached hydrogens (tertiary/aromatic N) is 4. The zero-order valence-corrected chi connectivity index (χ0v) is 11.0. The molecule has 7 nitrogen and oxygen atoms in total. The minimum absolute atomic E-state index is 0.470. The van der Waals surface area contributed by atoms with E-state index in [0.717, 1.165) is 13.0 Å². The third-order valence-corrected chi connectivity index (χ3v) is 2.93. The molecule has 2 N–H and O–H groups in total. The highest BCUT2D eigenvalue weighted by Gasteiger charge is 2.19. The summed E-state index contributed by atoms with van der Waals surface area (Å²) >= 11 is 0. The van der Waals surface area contributed by atoms with Gasteiger partial charge in [0.15, 0.2) is 11.5 Å². The number of carbonyl (C=O) groups is 1. The zero-order valence-electron chi connectivity index (χ0n) is 11.0. The monoisotopic (exact) mass is 263 g/mol. The molecule has 0 aliphatic rings. The molecule has 1 atom stereocenters. The van der Waals surface area contributed by atoms with Crippen LogP contribution < -0.4 is 5.32 Å². The molecule has 0 fully saturated rings. The zero-order chi connectivity index (χ0) is 13.8. The number of aryl methyl sites for hydroxylation is 1. The van der Waals surface area contributed by atoms with Gasteiger partial charge < -0.3 is 15.0 Å². The lowest BCUT2D eigenvalue weighted by atomic mass is 10.1. The molecule has 0 amide bonds. The highest BCUT2D eigenvalue weighted by atomic mass is 16.4. The molecule has 2 rings (SSSR count). The molecule has 102 valence electrons. The van der Waals surface area contributed by atoms with Crippen molar-refractivity contribution < 1.29 is 9.90 Å². The Morgan fingerprint density at radius 1 is 1.42 bits per heavy atom. The lowest BCUT2D eigenvalue weighted by Crippen LogP contribution is -2.29. The first-order chi connectivity index (χ1) is 9.17. The van der Waals surface area contributed by atoms with Crippen molar-refractivity contribution >= 4 is 23.0 Å². The summed E-state index contributed by atoms with van der Waals surface area (Å²) in [6.07, 6.45) is 4.42. The molecule has 0 aliphatic heterocycles. The van der Waals surface area contributed by atoms with Crippen molar-refractivity contribution in [2.24, 2.45) is 0 Å². The first-order valence-electron chi connectivity index (χ1n) is 6.32. The predicted molar refractivity (Wildman–Crippen MR) is 71.0 cm³/mol. The molecule has 2 aromatic heterocycles. The van der Waals surface area contributed by atoms with Crippen molar-refractivity contribution in [1.29, 1.82) is 0 Å². The van der Waals surface area contributed by atoms with Crippen molar-refractivity contribution in [2.75, 3.05) is 5.32 Å². The fourth-order valence-corrected chi connectivity index (χ4v) is 1.93. The molecule has 0 aromatic carbocycles. The van der Waals surface area contributed by atoms with E-state index >= 15 is 0 Å². The van der Waals surface area contributed by atoms with Gasteiger partial charge in [-0.1, -0.05) is 13.3 Å². The summed E-state index contributed by atoms with van der Waals surface area (Å²) in [4.78, 5) is 23.7. The van der Waals surface area contributed by atoms with E-state index in [4.69, 9.17) is 5.11 Å². The summed E-state index contributed by atoms with van der Waals surface area (Å²) in [5.74, 6) is -0.415. The largest absolute Gasteiger partial charge is 0.480 e. The minimum Gasteiger partial charge on any atom is -0.480 e. The lowest BCUT2D eigenvalue weighted by molar-refractivity contribution is -0.138. The van der Waals surface area contributed by atoms with Gasteiger partial charge >= 0.3 is 5.97 Å². The number of aliphatic carboxylic acids is 1. The van der Waals surface area contributed by atoms with Crippen molar-refractivity contribution in [3.8, 4) is 0 Å². The van der Waals surface area contributed by atoms with E-state index in [1.54, 1.807) is 6.33 Å². The van der Waals surface area contributed by atoms with Gasteiger partial charge in [0.2, 0.25) is 0 Å². The molecule has 19 heavy (non-hydrogen) atoms. The molecule has 0 radical (unpaired) electrons. The number of fused-ring (bicyclic) bond motifs is 1. The van der Waals surface area contributed by atoms with Crippen molar-refractivity contribution in [3.63, 3.8) is 0 Å². The molecular formula is C12H17N5O2. The van der Waals surface area contributed by atoms with Crippen molar-refractivity contribution in [1.82, 2.24) is 19.5 Å². The quantitative estimate of drug-likeness (QED) is 0.820. The van der Waals surface area contributed by atoms with E-state index in [1.165, 1.54) is 6.33 Å². The molecule has 2 aromatic rings. The summed E-state index contributed by atoms with van der Waals surface area (Å²) in [6.45, 7) is 4.69. The number of anilines is 1. The predicted octanol–water partition coefficient (Wildman–Crippen LogP) is 1.51. The van der Waals surface area contributed by atoms with Gasteiger partial charge in [0.05, 0.1) is 6.33 Å². The summed E-state index contributed by atoms with van der Waals surface area (Å²) in [5, 5.41) is 12.1. The number of aromatic nitrogens is 4. The fourth-order valence-electron chi connectivity index (χ4n) is 1.93. The average Bonchev–Trinajstić information content (AvgIpc) is 2.82. The maximum atomic E-state index is 11.2. The standard InChI is InChI=1S/C12H17N5O2/c1-3-5-8(12(18)19)16-10-9-11(14-6-13-10)17(4-2)7-15-9/h6-8H,3-5H2,1-2H3,(H,18,19)(H,13,14,16). The van der Waals surface area contributed by atoms with Gasteiger partial charge in [-0.05, 0) is 13.3 Å². The van der Waals surface area contributed by atoms with E-state index in [0.29, 0.717) is 23.4 Å². The van der Waals surface area contributed by atoms with E-state index < -0.39 is 12.0 Å². The Balaban J connectivity index is 2.34. The van der Waals surface area contributed by atoms with Gasteiger partial charge in [-0.3, -0.25) is 0 Å². The number of rotatable bonds is 6. The second kappa shape index (κ2) is 5.64. The Labute approximate surface area is 110 Å². The number of hydrogen-bond acceptors (Lipinski definition) is 5. The molecule has 0 spiro atoms. The lowest BCUT2D eigenvalue weighted by Gasteiger charge is -2.14. The smallest absolute Gasteiger partial charge is 0.326 e. The molecule has 2 heterocycles. The van der Waals surface area contributed by atoms with Gasteiger partial charge in [0, 0.05) is 6.54 Å². The highest BCUT2D eigenvalue weighted by Crippen LogP contribution is 2.18. The van der Waals surface area contributed by atoms with Gasteiger partial charge in [-0.2, -0.15) is 0 Å². The van der Waals surface area contributed by atoms with Crippen LogP contribution in [0.25, 0.3) is 11.2 Å². The average molecular weight is 263 g/mol. The van der Waals surface area contributed by atoms with Crippen molar-refractivity contribution in [2.45, 2.75) is 39.3 Å². The Morgan fingerprint density at radius 2 is 2.21 bits per heavy atom. The van der Waals surface area contributed by atoms with Gasteiger partial charge in [0.1, 0.15) is 17.9 Å². The molecular weight excluding hydrogens is 246 g/mol. The van der Waals surface area contributed by atoms with Crippen LogP contribution in [0.15, 0.2) is 12.7 Å². The number of imidazole rings is 1. The van der Waals surface area contributed by atoms with Crippen LogP contribution >= 0.6 is 0 Å². The van der Waals surface area contributed by atoms with Gasteiger partial charge in [-0.15, -0.1) is 0 Å². The van der Waals surface area contributed by atoms with Crippen LogP contribution in [0.1, 0.15) is 26.7 Å². The summed E-state index contributed by atoms with van der Waals surface area (Å²) in [5.41, 5.74) is 1.31. The van der Waals surface area contributed by atoms with Crippen LogP contribution in [-0.2, 0) is 11.3 Å². The Hall–Kier alpha value is -2.18. The van der Waals surface area contributed by atoms with Crippen LogP contribution in [0.4, 0.5) is 5.82 Å². The maximum absolute atomic E-state index is 11.2. The first kappa shape index (κ1) is 13.3. The van der Waals surface area contributed by atoms with Crippen LogP contribution in [0, 0.1) is 0 Å². The molecule has 0 aliphatic carbocycles. The molecule has 7 heteroatoms. The summed E-state index contributed by atoms with van der Waals surface area (Å²) < 4.78 is 1.89. The Bertz CT molecular complexity index is 581. The number of hydrogen-bond donors (Lipinski definition) is 2. The van der Waals surface area contributed by atoms with E-state index in [-0.39, 0.29) is 0 Å². The van der Waals surface area contributed by atoms with E-state index in [1.807, 2.05) is 18.4 Å². The van der Waals surface area contributed by atoms with E-state index in [9.17, 15) is 4.79 Å². The topological polar surface area (TPSA) is 92.9 Å². The van der Waals surface area contributed by atoms with Gasteiger partial charge in [-0.25, -0.2) is 19.7 Å². The summed E-state index contributed by atoms with van der Waals surface area (Å²) in [6, 6.07) is -0.658. The van der Waals surface area contributed by atoms with Crippen LogP contribution in [0.5, 0.6) is 0 Å². The second-order valence-electron chi connectivity index (χ2n) is 4.25. The van der Waals surface area contributed by atoms with E-state index in [2.05, 4.69) is 20.3 Å². The third-order valence-electron chi connectivity index (χ3n) is 2.93. The van der Waals surface area contributed by atoms with Crippen LogP contribution in [0.3, 0.4) is 0 Å². The van der Waals surface area contributed by atoms with Crippen LogP contribution in [-0.4, -0.2) is 36.6 Å². The maximum Gasteiger partial charge on any atom is 0.326 e. The highest BCUT2D eigenvalue weighted by molar-refractivity contribution is 5.86. The number of carboxylic acids is 1. The number of nitrogens with one attached hydrogen (secondary N) is 1. The molecule has 0 saturated carbocycles. The molecule has 1 unspecified atom stereocenters. The first-order valence-corrected chi connectivity index (χ1v) is 6.32. The SMILES string of the molecule is CCCC(Nc1ncnc2c1ncn2CC)C(=O)O. The number of carboxylic acid groups (broad SMARTS) is 1. The fraction of sp³-hybridized carbons (Fsp3) is 0.500. The Kier molecular flexibility index (Phi) is 3.94. The van der Waals surface area contributed by atoms with Crippen LogP contribution in [0.2, 0.25) is 0 Å².